The Labute approximate surface area is 107 Å². The SMILES string of the molecule is Cc1ccc(S(=O)Cc2cncc(F)c2)c(N)c1. The molecule has 0 aliphatic rings. The van der Waals surface area contributed by atoms with Crippen LogP contribution in [0, 0.1) is 12.7 Å². The molecule has 0 spiro atoms. The Balaban J connectivity index is 2.22. The monoisotopic (exact) mass is 264 g/mol. The van der Waals surface area contributed by atoms with Crippen LogP contribution in [-0.2, 0) is 16.6 Å². The van der Waals surface area contributed by atoms with Crippen LogP contribution in [-0.4, -0.2) is 9.19 Å². The highest BCUT2D eigenvalue weighted by Gasteiger charge is 2.09. The lowest BCUT2D eigenvalue weighted by Crippen LogP contribution is -2.02. The molecule has 1 aromatic heterocycles. The lowest BCUT2D eigenvalue weighted by molar-refractivity contribution is 0.619. The van der Waals surface area contributed by atoms with E-state index < -0.39 is 16.6 Å². The molecule has 1 atom stereocenters. The van der Waals surface area contributed by atoms with E-state index >= 15 is 0 Å². The van der Waals surface area contributed by atoms with Crippen LogP contribution in [0.25, 0.3) is 0 Å². The normalized spacial score (nSPS) is 12.3. The second kappa shape index (κ2) is 5.27. The maximum absolute atomic E-state index is 13.0. The van der Waals surface area contributed by atoms with Crippen molar-refractivity contribution in [3.8, 4) is 0 Å². The second-order valence-corrected chi connectivity index (χ2v) is 5.46. The Kier molecular flexibility index (Phi) is 3.72. The number of aryl methyl sites for hydroxylation is 1. The molecule has 1 unspecified atom stereocenters. The fraction of sp³-hybridized carbons (Fsp3) is 0.154. The average Bonchev–Trinajstić information content (AvgIpc) is 2.28. The van der Waals surface area contributed by atoms with Crippen molar-refractivity contribution in [2.24, 2.45) is 0 Å². The summed E-state index contributed by atoms with van der Waals surface area (Å²) in [5.74, 6) is -0.223. The van der Waals surface area contributed by atoms with Gasteiger partial charge in [-0.15, -0.1) is 0 Å². The number of halogens is 1. The summed E-state index contributed by atoms with van der Waals surface area (Å²) in [5, 5.41) is 0. The number of nitrogens with zero attached hydrogens (tertiary/aromatic N) is 1. The number of rotatable bonds is 3. The molecular formula is C13H13FN2OS. The molecule has 5 heteroatoms. The van der Waals surface area contributed by atoms with Crippen molar-refractivity contribution in [2.75, 3.05) is 5.73 Å². The van der Waals surface area contributed by atoms with E-state index in [4.69, 9.17) is 5.73 Å². The van der Waals surface area contributed by atoms with Crippen LogP contribution in [0.3, 0.4) is 0 Å². The molecule has 94 valence electrons. The lowest BCUT2D eigenvalue weighted by Gasteiger charge is -2.06. The fourth-order valence-electron chi connectivity index (χ4n) is 1.64. The van der Waals surface area contributed by atoms with Crippen LogP contribution < -0.4 is 5.73 Å². The van der Waals surface area contributed by atoms with Crippen molar-refractivity contribution in [3.05, 3.63) is 53.6 Å². The smallest absolute Gasteiger partial charge is 0.141 e. The van der Waals surface area contributed by atoms with Gasteiger partial charge in [0.15, 0.2) is 0 Å². The number of anilines is 1. The van der Waals surface area contributed by atoms with Gasteiger partial charge in [0.05, 0.1) is 27.6 Å². The largest absolute Gasteiger partial charge is 0.398 e. The summed E-state index contributed by atoms with van der Waals surface area (Å²) >= 11 is 0. The Morgan fingerprint density at radius 3 is 2.78 bits per heavy atom. The minimum atomic E-state index is -1.29. The zero-order valence-corrected chi connectivity index (χ0v) is 10.7. The van der Waals surface area contributed by atoms with E-state index in [1.165, 1.54) is 12.3 Å². The maximum Gasteiger partial charge on any atom is 0.141 e. The molecule has 0 fully saturated rings. The lowest BCUT2D eigenvalue weighted by atomic mass is 10.2. The molecule has 0 saturated carbocycles. The van der Waals surface area contributed by atoms with E-state index in [1.807, 2.05) is 13.0 Å². The Hall–Kier alpha value is -1.75. The summed E-state index contributed by atoms with van der Waals surface area (Å²) < 4.78 is 25.1. The summed E-state index contributed by atoms with van der Waals surface area (Å²) in [5.41, 5.74) is 7.93. The molecule has 0 saturated heterocycles. The standard InChI is InChI=1S/C13H13FN2OS/c1-9-2-3-13(12(15)4-9)18(17)8-10-5-11(14)7-16-6-10/h2-7H,8,15H2,1H3. The van der Waals surface area contributed by atoms with Crippen LogP contribution in [0.2, 0.25) is 0 Å². The van der Waals surface area contributed by atoms with Gasteiger partial charge < -0.3 is 5.73 Å². The van der Waals surface area contributed by atoms with Crippen molar-refractivity contribution < 1.29 is 8.60 Å². The quantitative estimate of drug-likeness (QED) is 0.866. The topological polar surface area (TPSA) is 56.0 Å². The van der Waals surface area contributed by atoms with E-state index in [0.717, 1.165) is 11.8 Å². The van der Waals surface area contributed by atoms with Crippen LogP contribution in [0.1, 0.15) is 11.1 Å². The van der Waals surface area contributed by atoms with E-state index in [1.54, 1.807) is 12.1 Å². The molecule has 2 rings (SSSR count). The molecule has 1 heterocycles. The fourth-order valence-corrected chi connectivity index (χ4v) is 2.80. The second-order valence-electron chi connectivity index (χ2n) is 4.04. The minimum Gasteiger partial charge on any atom is -0.398 e. The van der Waals surface area contributed by atoms with Gasteiger partial charge in [-0.1, -0.05) is 6.07 Å². The molecule has 2 N–H and O–H groups in total. The first-order chi connectivity index (χ1) is 8.56. The van der Waals surface area contributed by atoms with Gasteiger partial charge in [-0.25, -0.2) is 4.39 Å². The van der Waals surface area contributed by atoms with Gasteiger partial charge in [0.2, 0.25) is 0 Å². The molecule has 0 bridgehead atoms. The molecule has 0 amide bonds. The molecule has 3 nitrogen and oxygen atoms in total. The van der Waals surface area contributed by atoms with Gasteiger partial charge in [-0.05, 0) is 36.2 Å². The van der Waals surface area contributed by atoms with Crippen LogP contribution in [0.4, 0.5) is 10.1 Å². The molecule has 18 heavy (non-hydrogen) atoms. The van der Waals surface area contributed by atoms with E-state index in [-0.39, 0.29) is 5.75 Å². The van der Waals surface area contributed by atoms with Crippen molar-refractivity contribution in [3.63, 3.8) is 0 Å². The predicted octanol–water partition coefficient (Wildman–Crippen LogP) is 2.42. The molecule has 2 aromatic rings. The summed E-state index contributed by atoms with van der Waals surface area (Å²) in [4.78, 5) is 4.30. The summed E-state index contributed by atoms with van der Waals surface area (Å²) in [6.07, 6.45) is 2.62. The Morgan fingerprint density at radius 2 is 2.11 bits per heavy atom. The third-order valence-electron chi connectivity index (χ3n) is 2.47. The zero-order chi connectivity index (χ0) is 13.1. The summed E-state index contributed by atoms with van der Waals surface area (Å²) in [7, 11) is -1.29. The number of hydrogen-bond acceptors (Lipinski definition) is 3. The number of nitrogens with two attached hydrogens (primary N) is 1. The Bertz CT molecular complexity index is 601. The summed E-state index contributed by atoms with van der Waals surface area (Å²) in [6.45, 7) is 1.92. The molecular weight excluding hydrogens is 251 g/mol. The first-order valence-corrected chi connectivity index (χ1v) is 6.72. The zero-order valence-electron chi connectivity index (χ0n) is 9.89. The van der Waals surface area contributed by atoms with Crippen LogP contribution in [0.5, 0.6) is 0 Å². The summed E-state index contributed by atoms with van der Waals surface area (Å²) in [6, 6.07) is 6.70. The van der Waals surface area contributed by atoms with Gasteiger partial charge >= 0.3 is 0 Å². The van der Waals surface area contributed by atoms with Gasteiger partial charge in [-0.3, -0.25) is 9.19 Å². The number of hydrogen-bond donors (Lipinski definition) is 1. The average molecular weight is 264 g/mol. The van der Waals surface area contributed by atoms with Gasteiger partial charge in [-0.2, -0.15) is 0 Å². The van der Waals surface area contributed by atoms with E-state index in [9.17, 15) is 8.60 Å². The van der Waals surface area contributed by atoms with Gasteiger partial charge in [0, 0.05) is 11.9 Å². The van der Waals surface area contributed by atoms with Crippen LogP contribution >= 0.6 is 0 Å². The first-order valence-electron chi connectivity index (χ1n) is 5.40. The van der Waals surface area contributed by atoms with E-state index in [2.05, 4.69) is 4.98 Å². The van der Waals surface area contributed by atoms with Crippen molar-refractivity contribution >= 4 is 16.5 Å². The van der Waals surface area contributed by atoms with Crippen molar-refractivity contribution in [1.82, 2.24) is 4.98 Å². The van der Waals surface area contributed by atoms with E-state index in [0.29, 0.717) is 16.1 Å². The Morgan fingerprint density at radius 1 is 1.33 bits per heavy atom. The third kappa shape index (κ3) is 2.92. The van der Waals surface area contributed by atoms with Crippen molar-refractivity contribution in [1.29, 1.82) is 0 Å². The van der Waals surface area contributed by atoms with Crippen LogP contribution in [0.15, 0.2) is 41.6 Å². The number of pyridine rings is 1. The first kappa shape index (κ1) is 12.7. The highest BCUT2D eigenvalue weighted by Crippen LogP contribution is 2.20. The molecule has 0 aliphatic heterocycles. The highest BCUT2D eigenvalue weighted by molar-refractivity contribution is 7.84. The van der Waals surface area contributed by atoms with Crippen molar-refractivity contribution in [2.45, 2.75) is 17.6 Å². The number of benzene rings is 1. The number of aromatic nitrogens is 1. The molecule has 0 radical (unpaired) electrons. The molecule has 1 aromatic carbocycles. The van der Waals surface area contributed by atoms with Gasteiger partial charge in [0.1, 0.15) is 5.82 Å². The highest BCUT2D eigenvalue weighted by atomic mass is 32.2. The predicted molar refractivity (Wildman–Crippen MR) is 69.9 cm³/mol. The van der Waals surface area contributed by atoms with Gasteiger partial charge in [0.25, 0.3) is 0 Å². The molecule has 0 aliphatic carbocycles. The minimum absolute atomic E-state index is 0.206. The third-order valence-corrected chi connectivity index (χ3v) is 3.93. The number of nitrogen functional groups attached to an aromatic ring is 1. The maximum atomic E-state index is 13.0.